The molecule has 1 aromatic carbocycles. The van der Waals surface area contributed by atoms with Crippen LogP contribution < -0.4 is 10.3 Å². The minimum Gasteiger partial charge on any atom is -0.491 e. The van der Waals surface area contributed by atoms with Crippen molar-refractivity contribution >= 4 is 0 Å². The van der Waals surface area contributed by atoms with Gasteiger partial charge in [0.2, 0.25) is 0 Å². The summed E-state index contributed by atoms with van der Waals surface area (Å²) in [5.41, 5.74) is 2.74. The van der Waals surface area contributed by atoms with Gasteiger partial charge in [-0.2, -0.15) is 0 Å². The molecule has 1 aromatic heterocycles. The van der Waals surface area contributed by atoms with Crippen molar-refractivity contribution in [3.63, 3.8) is 0 Å². The van der Waals surface area contributed by atoms with Gasteiger partial charge in [-0.25, -0.2) is 0 Å². The number of nitrogens with zero attached hydrogens (tertiary/aromatic N) is 1. The summed E-state index contributed by atoms with van der Waals surface area (Å²) < 4.78 is 18.6. The number of benzene rings is 1. The number of pyridine rings is 1. The van der Waals surface area contributed by atoms with Crippen molar-refractivity contribution in [1.29, 1.82) is 0 Å². The van der Waals surface area contributed by atoms with Gasteiger partial charge in [0.05, 0.1) is 25.5 Å². The van der Waals surface area contributed by atoms with Gasteiger partial charge >= 0.3 is 0 Å². The van der Waals surface area contributed by atoms with E-state index in [2.05, 4.69) is 11.8 Å². The van der Waals surface area contributed by atoms with Crippen molar-refractivity contribution in [1.82, 2.24) is 4.57 Å². The molecule has 0 N–H and O–H groups in total. The molecule has 2 fully saturated rings. The van der Waals surface area contributed by atoms with Crippen molar-refractivity contribution in [3.05, 3.63) is 52.3 Å². The molecule has 1 saturated carbocycles. The Morgan fingerprint density at radius 1 is 1.18 bits per heavy atom. The second-order valence-electron chi connectivity index (χ2n) is 7.16. The lowest BCUT2D eigenvalue weighted by Gasteiger charge is -2.23. The van der Waals surface area contributed by atoms with E-state index in [0.29, 0.717) is 44.6 Å². The molecule has 0 spiro atoms. The van der Waals surface area contributed by atoms with E-state index < -0.39 is 0 Å². The third-order valence-electron chi connectivity index (χ3n) is 4.92. The second-order valence-corrected chi connectivity index (χ2v) is 7.16. The summed E-state index contributed by atoms with van der Waals surface area (Å²) in [6, 6.07) is 11.5. The fourth-order valence-electron chi connectivity index (χ4n) is 3.18. The molecule has 0 unspecified atom stereocenters. The molecule has 0 radical (unpaired) electrons. The van der Waals surface area contributed by atoms with E-state index in [-0.39, 0.29) is 11.7 Å². The van der Waals surface area contributed by atoms with Crippen LogP contribution in [0.5, 0.6) is 5.75 Å². The summed E-state index contributed by atoms with van der Waals surface area (Å²) in [4.78, 5) is 12.6. The Bertz CT molecular complexity index is 926. The molecule has 5 nitrogen and oxygen atoms in total. The van der Waals surface area contributed by atoms with Gasteiger partial charge in [0.1, 0.15) is 18.5 Å². The molecular formula is C23H25NO4. The van der Waals surface area contributed by atoms with E-state index >= 15 is 0 Å². The molecule has 1 aliphatic heterocycles. The van der Waals surface area contributed by atoms with E-state index in [0.717, 1.165) is 16.8 Å². The summed E-state index contributed by atoms with van der Waals surface area (Å²) >= 11 is 0. The molecule has 5 heteroatoms. The predicted molar refractivity (Wildman–Crippen MR) is 107 cm³/mol. The van der Waals surface area contributed by atoms with E-state index in [1.165, 1.54) is 18.9 Å². The number of aromatic nitrogens is 1. The Morgan fingerprint density at radius 3 is 2.68 bits per heavy atom. The van der Waals surface area contributed by atoms with Crippen LogP contribution in [0.1, 0.15) is 25.3 Å². The predicted octanol–water partition coefficient (Wildman–Crippen LogP) is 3.09. The summed E-state index contributed by atoms with van der Waals surface area (Å²) in [7, 11) is 0. The highest BCUT2D eigenvalue weighted by Crippen LogP contribution is 2.28. The number of rotatable bonds is 5. The van der Waals surface area contributed by atoms with E-state index in [1.807, 2.05) is 37.3 Å². The molecule has 146 valence electrons. The Balaban J connectivity index is 1.55. The molecular weight excluding hydrogens is 354 g/mol. The molecule has 0 amide bonds. The number of hydrogen-bond acceptors (Lipinski definition) is 4. The Hall–Kier alpha value is -2.55. The molecule has 0 bridgehead atoms. The minimum absolute atomic E-state index is 0.0755. The lowest BCUT2D eigenvalue weighted by atomic mass is 10.1. The maximum atomic E-state index is 12.6. The first-order valence-corrected chi connectivity index (χ1v) is 9.92. The lowest BCUT2D eigenvalue weighted by Crippen LogP contribution is -2.33. The van der Waals surface area contributed by atoms with Crippen molar-refractivity contribution in [2.75, 3.05) is 26.4 Å². The smallest absolute Gasteiger partial charge is 0.254 e. The standard InChI is InChI=1S/C23H25NO4/c1-2-24-22(19-9-7-18(8-10-19)6-5-17-3-4-17)13-20(14-23(24)25)28-16-21-15-26-11-12-27-21/h7-10,13-14,17,21H,2-4,11-12,15-16H2,1H3/t21-/m1/s1. The minimum atomic E-state index is -0.102. The normalized spacial score (nSPS) is 19.0. The van der Waals surface area contributed by atoms with Crippen LogP contribution in [0.4, 0.5) is 0 Å². The molecule has 1 atom stereocenters. The number of hydrogen-bond donors (Lipinski definition) is 0. The topological polar surface area (TPSA) is 49.7 Å². The van der Waals surface area contributed by atoms with Gasteiger partial charge in [-0.1, -0.05) is 24.0 Å². The molecule has 2 aliphatic rings. The highest BCUT2D eigenvalue weighted by Gasteiger charge is 2.18. The van der Waals surface area contributed by atoms with Crippen LogP contribution >= 0.6 is 0 Å². The second kappa shape index (κ2) is 8.64. The zero-order valence-electron chi connectivity index (χ0n) is 16.1. The maximum absolute atomic E-state index is 12.6. The largest absolute Gasteiger partial charge is 0.491 e. The molecule has 2 aromatic rings. The SMILES string of the molecule is CCn1c(-c2ccc(C#CC3CC3)cc2)cc(OC[C@H]2COCCO2)cc1=O. The van der Waals surface area contributed by atoms with Crippen molar-refractivity contribution in [2.24, 2.45) is 5.92 Å². The van der Waals surface area contributed by atoms with E-state index in [9.17, 15) is 4.79 Å². The van der Waals surface area contributed by atoms with E-state index in [4.69, 9.17) is 14.2 Å². The molecule has 1 aliphatic carbocycles. The summed E-state index contributed by atoms with van der Waals surface area (Å²) in [6.07, 6.45) is 2.34. The highest BCUT2D eigenvalue weighted by molar-refractivity contribution is 5.62. The van der Waals surface area contributed by atoms with Crippen LogP contribution in [0.3, 0.4) is 0 Å². The van der Waals surface area contributed by atoms with Gasteiger partial charge < -0.3 is 18.8 Å². The highest BCUT2D eigenvalue weighted by atomic mass is 16.6. The van der Waals surface area contributed by atoms with Crippen LogP contribution in [-0.4, -0.2) is 37.1 Å². The van der Waals surface area contributed by atoms with Crippen LogP contribution in [0, 0.1) is 17.8 Å². The average Bonchev–Trinajstić information content (AvgIpc) is 3.56. The van der Waals surface area contributed by atoms with E-state index in [1.54, 1.807) is 4.57 Å². The Labute approximate surface area is 165 Å². The van der Waals surface area contributed by atoms with Crippen LogP contribution in [-0.2, 0) is 16.0 Å². The van der Waals surface area contributed by atoms with Gasteiger partial charge in [0, 0.05) is 30.2 Å². The van der Waals surface area contributed by atoms with Crippen molar-refractivity contribution in [3.8, 4) is 28.8 Å². The number of ether oxygens (including phenoxy) is 3. The first kappa shape index (κ1) is 18.8. The molecule has 2 heterocycles. The van der Waals surface area contributed by atoms with Crippen molar-refractivity contribution in [2.45, 2.75) is 32.4 Å². The third kappa shape index (κ3) is 4.64. The third-order valence-corrected chi connectivity index (χ3v) is 4.92. The van der Waals surface area contributed by atoms with Gasteiger partial charge in [0.15, 0.2) is 0 Å². The molecule has 4 rings (SSSR count). The fraction of sp³-hybridized carbons (Fsp3) is 0.435. The van der Waals surface area contributed by atoms with Crippen LogP contribution in [0.15, 0.2) is 41.2 Å². The molecule has 28 heavy (non-hydrogen) atoms. The first-order chi connectivity index (χ1) is 13.7. The Kier molecular flexibility index (Phi) is 5.80. The van der Waals surface area contributed by atoms with Gasteiger partial charge in [0.25, 0.3) is 5.56 Å². The van der Waals surface area contributed by atoms with Gasteiger partial charge in [-0.15, -0.1) is 0 Å². The van der Waals surface area contributed by atoms with Gasteiger partial charge in [-0.3, -0.25) is 4.79 Å². The zero-order valence-corrected chi connectivity index (χ0v) is 16.1. The maximum Gasteiger partial charge on any atom is 0.254 e. The zero-order chi connectivity index (χ0) is 19.3. The van der Waals surface area contributed by atoms with Crippen molar-refractivity contribution < 1.29 is 14.2 Å². The summed E-state index contributed by atoms with van der Waals surface area (Å²) in [5, 5.41) is 0. The fourth-order valence-corrected chi connectivity index (χ4v) is 3.18. The lowest BCUT2D eigenvalue weighted by molar-refractivity contribution is -0.101. The summed E-state index contributed by atoms with van der Waals surface area (Å²) in [5.74, 6) is 7.63. The summed E-state index contributed by atoms with van der Waals surface area (Å²) in [6.45, 7) is 4.64. The Morgan fingerprint density at radius 2 is 2.00 bits per heavy atom. The molecule has 1 saturated heterocycles. The van der Waals surface area contributed by atoms with Crippen LogP contribution in [0.25, 0.3) is 11.3 Å². The monoisotopic (exact) mass is 379 g/mol. The van der Waals surface area contributed by atoms with Crippen LogP contribution in [0.2, 0.25) is 0 Å². The van der Waals surface area contributed by atoms with Gasteiger partial charge in [-0.05, 0) is 37.5 Å². The average molecular weight is 379 g/mol. The quantitative estimate of drug-likeness (QED) is 0.749. The first-order valence-electron chi connectivity index (χ1n) is 9.92.